The number of hydrogen-bond acceptors (Lipinski definition) is 9. The summed E-state index contributed by atoms with van der Waals surface area (Å²) in [5, 5.41) is 25.6. The highest BCUT2D eigenvalue weighted by Crippen LogP contribution is 2.37. The van der Waals surface area contributed by atoms with Gasteiger partial charge in [-0.15, -0.1) is 22.0 Å². The molecular formula is C28H33ClFN7O2S. The second-order valence-corrected chi connectivity index (χ2v) is 11.8. The number of carbonyl (C=O) groups excluding carboxylic acids is 1. The molecule has 0 spiro atoms. The van der Waals surface area contributed by atoms with E-state index in [1.54, 1.807) is 24.4 Å². The summed E-state index contributed by atoms with van der Waals surface area (Å²) in [6.45, 7) is 4.65. The van der Waals surface area contributed by atoms with Crippen molar-refractivity contribution < 1.29 is 14.3 Å². The summed E-state index contributed by atoms with van der Waals surface area (Å²) in [5.74, 6) is 1.10. The Morgan fingerprint density at radius 3 is 2.73 bits per heavy atom. The zero-order valence-electron chi connectivity index (χ0n) is 22.3. The molecule has 3 aromatic rings. The number of nitrogens with one attached hydrogen (secondary N) is 2. The fraction of sp³-hybridized carbons (Fsp3) is 0.429. The third kappa shape index (κ3) is 7.67. The number of aliphatic hydroxyl groups is 1. The zero-order valence-corrected chi connectivity index (χ0v) is 23.9. The van der Waals surface area contributed by atoms with Crippen molar-refractivity contribution in [2.24, 2.45) is 5.92 Å². The van der Waals surface area contributed by atoms with Gasteiger partial charge in [0.25, 0.3) is 0 Å². The van der Waals surface area contributed by atoms with E-state index in [0.29, 0.717) is 51.8 Å². The lowest BCUT2D eigenvalue weighted by Crippen LogP contribution is -2.45. The molecule has 0 atom stereocenters. The number of thioether (sulfide) groups is 1. The standard InChI is InChI=1S/C28H33ClFN7O2S/c1-36-8-10-37(11-9-36)7-5-27(39)33-26-15-20(4-6-31-26)32-25-16-24(22-14-19(29)2-3-23(22)30)34-35-28(25)40-17-18-12-21(38)13-18/h2-4,6,14-16,18,21,38H,5,7-13,17H2,1H3,(H2,31,32,33,34,39). The van der Waals surface area contributed by atoms with Crippen LogP contribution in [-0.2, 0) is 4.79 Å². The molecule has 1 aliphatic heterocycles. The van der Waals surface area contributed by atoms with Gasteiger partial charge in [0.1, 0.15) is 16.7 Å². The van der Waals surface area contributed by atoms with Crippen LogP contribution in [0.25, 0.3) is 11.3 Å². The monoisotopic (exact) mass is 585 g/mol. The number of amides is 1. The molecular weight excluding hydrogens is 553 g/mol. The Kier molecular flexibility index (Phi) is 9.48. The van der Waals surface area contributed by atoms with E-state index in [1.807, 2.05) is 0 Å². The van der Waals surface area contributed by atoms with Crippen LogP contribution in [-0.4, -0.2) is 87.6 Å². The van der Waals surface area contributed by atoms with Gasteiger partial charge in [-0.3, -0.25) is 4.79 Å². The Balaban J connectivity index is 1.29. The fourth-order valence-electron chi connectivity index (χ4n) is 4.70. The minimum absolute atomic E-state index is 0.0909. The van der Waals surface area contributed by atoms with Gasteiger partial charge < -0.3 is 25.5 Å². The van der Waals surface area contributed by atoms with Crippen LogP contribution >= 0.6 is 23.4 Å². The number of likely N-dealkylation sites (N-methyl/N-ethyl adjacent to an activating group) is 1. The van der Waals surface area contributed by atoms with Crippen LogP contribution in [0.1, 0.15) is 19.3 Å². The molecule has 1 amide bonds. The molecule has 212 valence electrons. The molecule has 1 saturated carbocycles. The Morgan fingerprint density at radius 2 is 1.95 bits per heavy atom. The number of pyridine rings is 1. The van der Waals surface area contributed by atoms with Crippen LogP contribution in [0.15, 0.2) is 47.6 Å². The molecule has 9 nitrogen and oxygen atoms in total. The van der Waals surface area contributed by atoms with Crippen LogP contribution in [0, 0.1) is 11.7 Å². The minimum Gasteiger partial charge on any atom is -0.393 e. The molecule has 0 unspecified atom stereocenters. The van der Waals surface area contributed by atoms with Crippen LogP contribution in [0.2, 0.25) is 5.02 Å². The molecule has 5 rings (SSSR count). The fourth-order valence-corrected chi connectivity index (χ4v) is 5.91. The average molecular weight is 586 g/mol. The van der Waals surface area contributed by atoms with E-state index in [0.717, 1.165) is 44.8 Å². The minimum atomic E-state index is -0.445. The first-order chi connectivity index (χ1) is 19.3. The Morgan fingerprint density at radius 1 is 1.15 bits per heavy atom. The highest BCUT2D eigenvalue weighted by molar-refractivity contribution is 7.99. The van der Waals surface area contributed by atoms with Gasteiger partial charge in [0.2, 0.25) is 5.91 Å². The summed E-state index contributed by atoms with van der Waals surface area (Å²) < 4.78 is 14.6. The quantitative estimate of drug-likeness (QED) is 0.296. The number of piperazine rings is 1. The number of hydrogen-bond donors (Lipinski definition) is 3. The van der Waals surface area contributed by atoms with E-state index >= 15 is 0 Å². The third-order valence-electron chi connectivity index (χ3n) is 7.19. The predicted octanol–water partition coefficient (Wildman–Crippen LogP) is 4.51. The SMILES string of the molecule is CN1CCN(CCC(=O)Nc2cc(Nc3cc(-c4cc(Cl)ccc4F)nnc3SCC3CC(O)C3)ccn2)CC1. The van der Waals surface area contributed by atoms with Crippen molar-refractivity contribution in [2.75, 3.05) is 56.2 Å². The van der Waals surface area contributed by atoms with Crippen molar-refractivity contribution in [2.45, 2.75) is 30.4 Å². The maximum atomic E-state index is 14.6. The van der Waals surface area contributed by atoms with Crippen molar-refractivity contribution in [1.29, 1.82) is 0 Å². The number of rotatable bonds is 10. The molecule has 0 bridgehead atoms. The van der Waals surface area contributed by atoms with Crippen LogP contribution in [0.3, 0.4) is 0 Å². The van der Waals surface area contributed by atoms with Crippen molar-refractivity contribution in [3.05, 3.63) is 53.4 Å². The zero-order chi connectivity index (χ0) is 28.1. The van der Waals surface area contributed by atoms with E-state index in [4.69, 9.17) is 11.6 Å². The molecule has 1 saturated heterocycles. The summed E-state index contributed by atoms with van der Waals surface area (Å²) in [6.07, 6.45) is 3.33. The number of carbonyl (C=O) groups is 1. The average Bonchev–Trinajstić information content (AvgIpc) is 2.92. The molecule has 1 aliphatic carbocycles. The van der Waals surface area contributed by atoms with Crippen molar-refractivity contribution in [3.63, 3.8) is 0 Å². The summed E-state index contributed by atoms with van der Waals surface area (Å²) in [5.41, 5.74) is 1.94. The van der Waals surface area contributed by atoms with E-state index in [1.165, 1.54) is 30.0 Å². The molecule has 40 heavy (non-hydrogen) atoms. The van der Waals surface area contributed by atoms with E-state index < -0.39 is 5.82 Å². The Bertz CT molecular complexity index is 1340. The molecule has 12 heteroatoms. The predicted molar refractivity (Wildman–Crippen MR) is 157 cm³/mol. The van der Waals surface area contributed by atoms with Gasteiger partial charge in [-0.05, 0) is 56.1 Å². The lowest BCUT2D eigenvalue weighted by atomic mass is 9.84. The molecule has 2 aliphatic rings. The second-order valence-electron chi connectivity index (χ2n) is 10.4. The molecule has 1 aromatic carbocycles. The number of aliphatic hydroxyl groups excluding tert-OH is 1. The summed E-state index contributed by atoms with van der Waals surface area (Å²) >= 11 is 7.65. The maximum Gasteiger partial charge on any atom is 0.226 e. The second kappa shape index (κ2) is 13.2. The van der Waals surface area contributed by atoms with Gasteiger partial charge >= 0.3 is 0 Å². The van der Waals surface area contributed by atoms with Gasteiger partial charge in [-0.1, -0.05) is 11.6 Å². The first-order valence-corrected chi connectivity index (χ1v) is 14.8. The van der Waals surface area contributed by atoms with Crippen LogP contribution in [0.5, 0.6) is 0 Å². The first-order valence-electron chi connectivity index (χ1n) is 13.4. The summed E-state index contributed by atoms with van der Waals surface area (Å²) in [4.78, 5) is 21.5. The number of anilines is 3. The number of benzene rings is 1. The lowest BCUT2D eigenvalue weighted by Gasteiger charge is -2.32. The van der Waals surface area contributed by atoms with Gasteiger partial charge in [0.05, 0.1) is 17.5 Å². The first kappa shape index (κ1) is 28.7. The van der Waals surface area contributed by atoms with Gasteiger partial charge in [-0.2, -0.15) is 0 Å². The number of nitrogens with zero attached hydrogens (tertiary/aromatic N) is 5. The molecule has 0 radical (unpaired) electrons. The maximum absolute atomic E-state index is 14.6. The Hall–Kier alpha value is -2.83. The Labute approximate surface area is 242 Å². The molecule has 3 N–H and O–H groups in total. The number of aromatic nitrogens is 3. The number of halogens is 2. The third-order valence-corrected chi connectivity index (χ3v) is 8.64. The van der Waals surface area contributed by atoms with E-state index in [9.17, 15) is 14.3 Å². The van der Waals surface area contributed by atoms with Gasteiger partial charge in [-0.25, -0.2) is 9.37 Å². The van der Waals surface area contributed by atoms with E-state index in [2.05, 4.69) is 42.7 Å². The summed E-state index contributed by atoms with van der Waals surface area (Å²) in [6, 6.07) is 9.60. The van der Waals surface area contributed by atoms with E-state index in [-0.39, 0.29) is 17.6 Å². The molecule has 3 heterocycles. The summed E-state index contributed by atoms with van der Waals surface area (Å²) in [7, 11) is 2.11. The van der Waals surface area contributed by atoms with Crippen LogP contribution < -0.4 is 10.6 Å². The van der Waals surface area contributed by atoms with Crippen LogP contribution in [0.4, 0.5) is 21.6 Å². The highest BCUT2D eigenvalue weighted by Gasteiger charge is 2.27. The van der Waals surface area contributed by atoms with Crippen molar-refractivity contribution >= 4 is 46.5 Å². The normalized spacial score (nSPS) is 19.7. The topological polar surface area (TPSA) is 107 Å². The molecule has 2 fully saturated rings. The van der Waals surface area contributed by atoms with Crippen molar-refractivity contribution in [3.8, 4) is 11.3 Å². The van der Waals surface area contributed by atoms with Gasteiger partial charge in [0, 0.05) is 73.4 Å². The molecule has 2 aromatic heterocycles. The van der Waals surface area contributed by atoms with Gasteiger partial charge in [0.15, 0.2) is 0 Å². The smallest absolute Gasteiger partial charge is 0.226 e. The highest BCUT2D eigenvalue weighted by atomic mass is 35.5. The van der Waals surface area contributed by atoms with Crippen molar-refractivity contribution in [1.82, 2.24) is 25.0 Å². The largest absolute Gasteiger partial charge is 0.393 e. The lowest BCUT2D eigenvalue weighted by molar-refractivity contribution is -0.116.